The van der Waals surface area contributed by atoms with E-state index in [-0.39, 0.29) is 18.5 Å². The van der Waals surface area contributed by atoms with E-state index in [4.69, 9.17) is 9.52 Å². The van der Waals surface area contributed by atoms with Crippen LogP contribution in [0.5, 0.6) is 0 Å². The lowest BCUT2D eigenvalue weighted by molar-refractivity contribution is -0.141. The third-order valence-corrected chi connectivity index (χ3v) is 2.27. The average molecular weight is 240 g/mol. The maximum atomic E-state index is 10.9. The van der Waals surface area contributed by atoms with Gasteiger partial charge in [0, 0.05) is 13.5 Å². The first-order chi connectivity index (χ1) is 8.00. The molecular weight excluding hydrogens is 224 g/mol. The molecule has 0 saturated carbocycles. The quantitative estimate of drug-likeness (QED) is 0.674. The lowest BCUT2D eigenvalue weighted by Gasteiger charge is -2.17. The Hall–Kier alpha value is -1.82. The standard InChI is InChI=1S/C11H16N2O4/c1-7(10-4-3-5-17-10)12-6-9(11(15)16)13-8(2)14/h3-5,7,9,12H,6H2,1-2H3,(H,13,14)(H,15,16)/t7-,9?/m1/s1. The van der Waals surface area contributed by atoms with Crippen LogP contribution < -0.4 is 10.6 Å². The summed E-state index contributed by atoms with van der Waals surface area (Å²) < 4.78 is 5.17. The lowest BCUT2D eigenvalue weighted by Crippen LogP contribution is -2.46. The third-order valence-electron chi connectivity index (χ3n) is 2.27. The molecule has 0 saturated heterocycles. The number of aliphatic carboxylic acids is 1. The summed E-state index contributed by atoms with van der Waals surface area (Å²) >= 11 is 0. The number of amides is 1. The molecule has 0 bridgehead atoms. The van der Waals surface area contributed by atoms with Crippen LogP contribution in [0, 0.1) is 0 Å². The number of carbonyl (C=O) groups excluding carboxylic acids is 1. The Morgan fingerprint density at radius 2 is 2.24 bits per heavy atom. The van der Waals surface area contributed by atoms with Gasteiger partial charge in [-0.1, -0.05) is 0 Å². The van der Waals surface area contributed by atoms with E-state index in [1.165, 1.54) is 6.92 Å². The Kier molecular flexibility index (Phi) is 4.71. The van der Waals surface area contributed by atoms with Crippen LogP contribution in [0.2, 0.25) is 0 Å². The minimum Gasteiger partial charge on any atom is -0.480 e. The summed E-state index contributed by atoms with van der Waals surface area (Å²) in [7, 11) is 0. The highest BCUT2D eigenvalue weighted by Gasteiger charge is 2.19. The zero-order valence-corrected chi connectivity index (χ0v) is 9.77. The second-order valence-corrected chi connectivity index (χ2v) is 3.74. The molecule has 6 heteroatoms. The molecule has 0 aliphatic heterocycles. The summed E-state index contributed by atoms with van der Waals surface area (Å²) in [5, 5.41) is 14.2. The molecule has 0 radical (unpaired) electrons. The Labute approximate surface area is 99.0 Å². The minimum atomic E-state index is -1.07. The van der Waals surface area contributed by atoms with Crippen LogP contribution in [0.3, 0.4) is 0 Å². The van der Waals surface area contributed by atoms with Gasteiger partial charge in [-0.2, -0.15) is 0 Å². The molecule has 0 aliphatic carbocycles. The van der Waals surface area contributed by atoms with Crippen molar-refractivity contribution < 1.29 is 19.1 Å². The molecule has 6 nitrogen and oxygen atoms in total. The Balaban J connectivity index is 2.46. The summed E-state index contributed by atoms with van der Waals surface area (Å²) in [5.74, 6) is -0.721. The van der Waals surface area contributed by atoms with Crippen molar-refractivity contribution in [1.82, 2.24) is 10.6 Å². The molecule has 1 unspecified atom stereocenters. The van der Waals surface area contributed by atoms with Crippen molar-refractivity contribution in [3.05, 3.63) is 24.2 Å². The molecule has 1 heterocycles. The van der Waals surface area contributed by atoms with E-state index in [2.05, 4.69) is 10.6 Å². The van der Waals surface area contributed by atoms with Crippen molar-refractivity contribution in [2.75, 3.05) is 6.54 Å². The fourth-order valence-electron chi connectivity index (χ4n) is 1.38. The summed E-state index contributed by atoms with van der Waals surface area (Å²) in [6, 6.07) is 2.51. The Bertz CT molecular complexity index is 375. The monoisotopic (exact) mass is 240 g/mol. The molecule has 0 aliphatic rings. The molecule has 17 heavy (non-hydrogen) atoms. The van der Waals surface area contributed by atoms with Crippen molar-refractivity contribution in [3.63, 3.8) is 0 Å². The summed E-state index contributed by atoms with van der Waals surface area (Å²) in [5.41, 5.74) is 0. The van der Waals surface area contributed by atoms with Crippen LogP contribution in [-0.4, -0.2) is 29.6 Å². The van der Waals surface area contributed by atoms with Crippen molar-refractivity contribution in [2.24, 2.45) is 0 Å². The van der Waals surface area contributed by atoms with E-state index in [1.54, 1.807) is 18.4 Å². The van der Waals surface area contributed by atoms with Gasteiger partial charge in [-0.15, -0.1) is 0 Å². The average Bonchev–Trinajstić information content (AvgIpc) is 2.76. The first-order valence-corrected chi connectivity index (χ1v) is 5.27. The largest absolute Gasteiger partial charge is 0.480 e. The van der Waals surface area contributed by atoms with Crippen LogP contribution in [0.15, 0.2) is 22.8 Å². The van der Waals surface area contributed by atoms with Gasteiger partial charge in [0.15, 0.2) is 0 Å². The molecule has 0 spiro atoms. The van der Waals surface area contributed by atoms with Crippen molar-refractivity contribution >= 4 is 11.9 Å². The number of rotatable bonds is 6. The molecule has 1 aromatic rings. The Morgan fingerprint density at radius 1 is 1.53 bits per heavy atom. The number of carboxylic acid groups (broad SMARTS) is 1. The topological polar surface area (TPSA) is 91.6 Å². The van der Waals surface area contributed by atoms with E-state index < -0.39 is 12.0 Å². The van der Waals surface area contributed by atoms with Gasteiger partial charge in [-0.05, 0) is 19.1 Å². The molecule has 1 aromatic heterocycles. The van der Waals surface area contributed by atoms with E-state index in [0.29, 0.717) is 0 Å². The van der Waals surface area contributed by atoms with E-state index in [9.17, 15) is 9.59 Å². The number of furan rings is 1. The lowest BCUT2D eigenvalue weighted by atomic mass is 10.2. The van der Waals surface area contributed by atoms with Gasteiger partial charge in [0.25, 0.3) is 0 Å². The molecule has 94 valence electrons. The summed E-state index contributed by atoms with van der Waals surface area (Å²) in [6.07, 6.45) is 1.55. The molecule has 1 rings (SSSR count). The number of carbonyl (C=O) groups is 2. The fourth-order valence-corrected chi connectivity index (χ4v) is 1.38. The second kappa shape index (κ2) is 6.05. The summed E-state index contributed by atoms with van der Waals surface area (Å²) in [6.45, 7) is 3.27. The SMILES string of the molecule is CC(=O)NC(CN[C@H](C)c1ccco1)C(=O)O. The second-order valence-electron chi connectivity index (χ2n) is 3.74. The smallest absolute Gasteiger partial charge is 0.327 e. The van der Waals surface area contributed by atoms with Crippen molar-refractivity contribution in [1.29, 1.82) is 0 Å². The highest BCUT2D eigenvalue weighted by atomic mass is 16.4. The number of nitrogens with one attached hydrogen (secondary N) is 2. The van der Waals surface area contributed by atoms with Crippen LogP contribution in [0.25, 0.3) is 0 Å². The maximum absolute atomic E-state index is 10.9. The maximum Gasteiger partial charge on any atom is 0.327 e. The first kappa shape index (κ1) is 13.2. The fraction of sp³-hybridized carbons (Fsp3) is 0.455. The van der Waals surface area contributed by atoms with Gasteiger partial charge in [0.2, 0.25) is 5.91 Å². The zero-order chi connectivity index (χ0) is 12.8. The highest BCUT2D eigenvalue weighted by Crippen LogP contribution is 2.11. The molecule has 0 fully saturated rings. The van der Waals surface area contributed by atoms with E-state index in [0.717, 1.165) is 5.76 Å². The number of hydrogen-bond acceptors (Lipinski definition) is 4. The minimum absolute atomic E-state index is 0.111. The summed E-state index contributed by atoms with van der Waals surface area (Å²) in [4.78, 5) is 21.7. The van der Waals surface area contributed by atoms with Gasteiger partial charge in [-0.3, -0.25) is 4.79 Å². The number of carboxylic acids is 1. The Morgan fingerprint density at radius 3 is 2.71 bits per heavy atom. The van der Waals surface area contributed by atoms with Gasteiger partial charge in [0.1, 0.15) is 11.8 Å². The van der Waals surface area contributed by atoms with Crippen molar-refractivity contribution in [3.8, 4) is 0 Å². The molecular formula is C11H16N2O4. The zero-order valence-electron chi connectivity index (χ0n) is 9.77. The van der Waals surface area contributed by atoms with Gasteiger partial charge in [0.05, 0.1) is 12.3 Å². The molecule has 1 amide bonds. The van der Waals surface area contributed by atoms with E-state index in [1.807, 2.05) is 6.92 Å². The molecule has 0 aromatic carbocycles. The van der Waals surface area contributed by atoms with E-state index >= 15 is 0 Å². The van der Waals surface area contributed by atoms with Gasteiger partial charge in [-0.25, -0.2) is 4.79 Å². The first-order valence-electron chi connectivity index (χ1n) is 5.27. The van der Waals surface area contributed by atoms with Crippen LogP contribution in [0.4, 0.5) is 0 Å². The predicted molar refractivity (Wildman–Crippen MR) is 60.4 cm³/mol. The predicted octanol–water partition coefficient (Wildman–Crippen LogP) is 0.519. The van der Waals surface area contributed by atoms with Crippen LogP contribution in [-0.2, 0) is 9.59 Å². The van der Waals surface area contributed by atoms with Crippen LogP contribution >= 0.6 is 0 Å². The van der Waals surface area contributed by atoms with Crippen LogP contribution in [0.1, 0.15) is 25.6 Å². The number of hydrogen-bond donors (Lipinski definition) is 3. The van der Waals surface area contributed by atoms with Crippen molar-refractivity contribution in [2.45, 2.75) is 25.9 Å². The highest BCUT2D eigenvalue weighted by molar-refractivity contribution is 5.82. The van der Waals surface area contributed by atoms with Gasteiger partial charge >= 0.3 is 5.97 Å². The van der Waals surface area contributed by atoms with Gasteiger partial charge < -0.3 is 20.2 Å². The molecule has 3 N–H and O–H groups in total. The third kappa shape index (κ3) is 4.28. The normalized spacial score (nSPS) is 14.0. The molecule has 2 atom stereocenters.